The summed E-state index contributed by atoms with van der Waals surface area (Å²) < 4.78 is 14.0. The molecule has 5 heteroatoms. The maximum absolute atomic E-state index is 13.1. The molecule has 1 aromatic heterocycles. The van der Waals surface area contributed by atoms with Gasteiger partial charge in [-0.25, -0.2) is 9.37 Å². The molecule has 0 saturated carbocycles. The maximum atomic E-state index is 13.1. The molecular formula is C13H16FN3S. The van der Waals surface area contributed by atoms with Gasteiger partial charge in [0.05, 0.1) is 16.8 Å². The highest BCUT2D eigenvalue weighted by molar-refractivity contribution is 7.18. The third-order valence-corrected chi connectivity index (χ3v) is 4.30. The van der Waals surface area contributed by atoms with Crippen molar-refractivity contribution >= 4 is 21.6 Å². The van der Waals surface area contributed by atoms with E-state index in [-0.39, 0.29) is 11.9 Å². The van der Waals surface area contributed by atoms with Gasteiger partial charge in [0.2, 0.25) is 0 Å². The molecule has 1 atom stereocenters. The maximum Gasteiger partial charge on any atom is 0.124 e. The lowest BCUT2D eigenvalue weighted by atomic mass is 10.1. The van der Waals surface area contributed by atoms with E-state index >= 15 is 0 Å². The normalized spacial score (nSPS) is 21.6. The zero-order valence-corrected chi connectivity index (χ0v) is 10.9. The minimum Gasteiger partial charge on any atom is -0.327 e. The second-order valence-corrected chi connectivity index (χ2v) is 5.97. The van der Waals surface area contributed by atoms with E-state index in [1.165, 1.54) is 6.07 Å². The average molecular weight is 265 g/mol. The van der Waals surface area contributed by atoms with Gasteiger partial charge in [-0.1, -0.05) is 0 Å². The first-order valence-corrected chi connectivity index (χ1v) is 7.05. The van der Waals surface area contributed by atoms with E-state index in [0.29, 0.717) is 0 Å². The number of benzene rings is 1. The molecular weight excluding hydrogens is 249 g/mol. The second kappa shape index (κ2) is 4.91. The number of aromatic nitrogens is 1. The van der Waals surface area contributed by atoms with E-state index in [9.17, 15) is 4.39 Å². The van der Waals surface area contributed by atoms with E-state index in [4.69, 9.17) is 5.73 Å². The quantitative estimate of drug-likeness (QED) is 0.906. The highest BCUT2D eigenvalue weighted by Crippen LogP contribution is 2.24. The van der Waals surface area contributed by atoms with Crippen LogP contribution in [0.1, 0.15) is 17.8 Å². The minimum absolute atomic E-state index is 0.197. The summed E-state index contributed by atoms with van der Waals surface area (Å²) in [5.74, 6) is -0.197. The lowest BCUT2D eigenvalue weighted by molar-refractivity contribution is 0.201. The highest BCUT2D eigenvalue weighted by atomic mass is 32.1. The van der Waals surface area contributed by atoms with Crippen molar-refractivity contribution in [3.05, 3.63) is 29.0 Å². The number of piperidine rings is 1. The second-order valence-electron chi connectivity index (χ2n) is 4.86. The van der Waals surface area contributed by atoms with Crippen molar-refractivity contribution in [2.75, 3.05) is 13.1 Å². The van der Waals surface area contributed by atoms with Crippen LogP contribution in [0.25, 0.3) is 10.2 Å². The number of nitrogens with two attached hydrogens (primary N) is 1. The van der Waals surface area contributed by atoms with Gasteiger partial charge in [-0.15, -0.1) is 11.3 Å². The van der Waals surface area contributed by atoms with Crippen molar-refractivity contribution in [1.29, 1.82) is 0 Å². The van der Waals surface area contributed by atoms with Gasteiger partial charge in [-0.2, -0.15) is 0 Å². The predicted molar refractivity (Wildman–Crippen MR) is 72.1 cm³/mol. The van der Waals surface area contributed by atoms with Crippen LogP contribution in [0.5, 0.6) is 0 Å². The summed E-state index contributed by atoms with van der Waals surface area (Å²) in [6, 6.07) is 5.04. The van der Waals surface area contributed by atoms with Gasteiger partial charge >= 0.3 is 0 Å². The smallest absolute Gasteiger partial charge is 0.124 e. The van der Waals surface area contributed by atoms with Crippen LogP contribution in [0.3, 0.4) is 0 Å². The van der Waals surface area contributed by atoms with Crippen molar-refractivity contribution in [3.8, 4) is 0 Å². The fourth-order valence-corrected chi connectivity index (χ4v) is 3.47. The Bertz CT molecular complexity index is 554. The SMILES string of the molecule is N[C@@H]1CCCN(Cc2nc3ccc(F)cc3s2)C1. The zero-order chi connectivity index (χ0) is 12.5. The molecule has 3 nitrogen and oxygen atoms in total. The van der Waals surface area contributed by atoms with E-state index in [0.717, 1.165) is 47.7 Å². The minimum atomic E-state index is -0.197. The molecule has 0 aliphatic carbocycles. The number of halogens is 1. The number of thiazole rings is 1. The number of hydrogen-bond acceptors (Lipinski definition) is 4. The third-order valence-electron chi connectivity index (χ3n) is 3.30. The monoisotopic (exact) mass is 265 g/mol. The standard InChI is InChI=1S/C13H16FN3S/c14-9-3-4-11-12(6-9)18-13(16-11)8-17-5-1-2-10(15)7-17/h3-4,6,10H,1-2,5,7-8,15H2/t10-/m1/s1. The first-order chi connectivity index (χ1) is 8.70. The molecule has 2 heterocycles. The number of hydrogen-bond donors (Lipinski definition) is 1. The van der Waals surface area contributed by atoms with Crippen LogP contribution in [0, 0.1) is 5.82 Å². The Morgan fingerprint density at radius 3 is 3.22 bits per heavy atom. The lowest BCUT2D eigenvalue weighted by Gasteiger charge is -2.29. The highest BCUT2D eigenvalue weighted by Gasteiger charge is 2.18. The van der Waals surface area contributed by atoms with Crippen molar-refractivity contribution in [3.63, 3.8) is 0 Å². The average Bonchev–Trinajstić information content (AvgIpc) is 2.70. The Hall–Kier alpha value is -1.04. The Kier molecular flexibility index (Phi) is 3.28. The molecule has 0 bridgehead atoms. The van der Waals surface area contributed by atoms with Crippen molar-refractivity contribution in [2.24, 2.45) is 5.73 Å². The summed E-state index contributed by atoms with van der Waals surface area (Å²) in [4.78, 5) is 6.88. The molecule has 1 saturated heterocycles. The van der Waals surface area contributed by atoms with E-state index < -0.39 is 0 Å². The first kappa shape index (κ1) is 12.0. The van der Waals surface area contributed by atoms with Gasteiger partial charge in [0.15, 0.2) is 0 Å². The summed E-state index contributed by atoms with van der Waals surface area (Å²) in [5.41, 5.74) is 6.85. The molecule has 1 fully saturated rings. The largest absolute Gasteiger partial charge is 0.327 e. The van der Waals surface area contributed by atoms with Gasteiger partial charge in [0.1, 0.15) is 10.8 Å². The summed E-state index contributed by atoms with van der Waals surface area (Å²) in [7, 11) is 0. The van der Waals surface area contributed by atoms with Crippen LogP contribution < -0.4 is 5.73 Å². The summed E-state index contributed by atoms with van der Waals surface area (Å²) in [6.45, 7) is 2.84. The summed E-state index contributed by atoms with van der Waals surface area (Å²) in [5, 5.41) is 1.05. The Balaban J connectivity index is 1.78. The molecule has 2 N–H and O–H groups in total. The zero-order valence-electron chi connectivity index (χ0n) is 10.1. The van der Waals surface area contributed by atoms with Gasteiger partial charge in [-0.3, -0.25) is 4.90 Å². The first-order valence-electron chi connectivity index (χ1n) is 6.23. The van der Waals surface area contributed by atoms with Gasteiger partial charge in [0, 0.05) is 12.6 Å². The van der Waals surface area contributed by atoms with Crippen LogP contribution >= 0.6 is 11.3 Å². The Morgan fingerprint density at radius 2 is 2.39 bits per heavy atom. The molecule has 18 heavy (non-hydrogen) atoms. The fraction of sp³-hybridized carbons (Fsp3) is 0.462. The van der Waals surface area contributed by atoms with Crippen LogP contribution in [0.4, 0.5) is 4.39 Å². The lowest BCUT2D eigenvalue weighted by Crippen LogP contribution is -2.42. The molecule has 0 radical (unpaired) electrons. The third kappa shape index (κ3) is 2.53. The Labute approximate surface area is 109 Å². The van der Waals surface area contributed by atoms with E-state index in [1.807, 2.05) is 0 Å². The Morgan fingerprint density at radius 1 is 1.50 bits per heavy atom. The van der Waals surface area contributed by atoms with E-state index in [2.05, 4.69) is 9.88 Å². The molecule has 0 spiro atoms. The van der Waals surface area contributed by atoms with E-state index in [1.54, 1.807) is 23.5 Å². The molecule has 1 aliphatic heterocycles. The fourth-order valence-electron chi connectivity index (χ4n) is 2.44. The van der Waals surface area contributed by atoms with Crippen LogP contribution in [-0.4, -0.2) is 29.0 Å². The van der Waals surface area contributed by atoms with Gasteiger partial charge in [0.25, 0.3) is 0 Å². The molecule has 2 aromatic rings. The molecule has 1 aromatic carbocycles. The van der Waals surface area contributed by atoms with Gasteiger partial charge in [-0.05, 0) is 37.6 Å². The van der Waals surface area contributed by atoms with Crippen LogP contribution in [0.15, 0.2) is 18.2 Å². The van der Waals surface area contributed by atoms with Crippen LogP contribution in [-0.2, 0) is 6.54 Å². The van der Waals surface area contributed by atoms with Crippen molar-refractivity contribution in [2.45, 2.75) is 25.4 Å². The number of fused-ring (bicyclic) bond motifs is 1. The topological polar surface area (TPSA) is 42.1 Å². The summed E-state index contributed by atoms with van der Waals surface area (Å²) >= 11 is 1.57. The number of nitrogens with zero attached hydrogens (tertiary/aromatic N) is 2. The van der Waals surface area contributed by atoms with Crippen LogP contribution in [0.2, 0.25) is 0 Å². The number of likely N-dealkylation sites (tertiary alicyclic amines) is 1. The molecule has 0 unspecified atom stereocenters. The molecule has 3 rings (SSSR count). The van der Waals surface area contributed by atoms with Crippen molar-refractivity contribution in [1.82, 2.24) is 9.88 Å². The number of rotatable bonds is 2. The molecule has 0 amide bonds. The molecule has 96 valence electrons. The molecule has 1 aliphatic rings. The predicted octanol–water partition coefficient (Wildman–Crippen LogP) is 2.36. The van der Waals surface area contributed by atoms with Crippen molar-refractivity contribution < 1.29 is 4.39 Å². The van der Waals surface area contributed by atoms with Gasteiger partial charge < -0.3 is 5.73 Å². The summed E-state index contributed by atoms with van der Waals surface area (Å²) in [6.07, 6.45) is 2.27.